The van der Waals surface area contributed by atoms with E-state index in [0.29, 0.717) is 19.8 Å². The van der Waals surface area contributed by atoms with Crippen LogP contribution >= 0.6 is 0 Å². The number of aromatic amines is 1. The van der Waals surface area contributed by atoms with Crippen molar-refractivity contribution in [1.29, 1.82) is 0 Å². The Labute approximate surface area is 136 Å². The van der Waals surface area contributed by atoms with E-state index in [-0.39, 0.29) is 0 Å². The molecule has 3 rings (SSSR count). The van der Waals surface area contributed by atoms with Crippen LogP contribution in [-0.2, 0) is 16.0 Å². The van der Waals surface area contributed by atoms with E-state index in [1.807, 2.05) is 36.5 Å². The molecule has 1 aliphatic rings. The van der Waals surface area contributed by atoms with Gasteiger partial charge in [-0.25, -0.2) is 4.98 Å². The van der Waals surface area contributed by atoms with Gasteiger partial charge in [-0.2, -0.15) is 0 Å². The first-order valence-electron chi connectivity index (χ1n) is 7.81. The third kappa shape index (κ3) is 4.31. The molecule has 1 aromatic carbocycles. The molecule has 1 saturated heterocycles. The molecule has 0 spiro atoms. The quantitative estimate of drug-likeness (QED) is 0.879. The summed E-state index contributed by atoms with van der Waals surface area (Å²) in [5, 5.41) is 0. The van der Waals surface area contributed by atoms with Crippen LogP contribution in [-0.4, -0.2) is 60.5 Å². The molecular weight excluding hydrogens is 294 g/mol. The van der Waals surface area contributed by atoms with E-state index in [1.54, 1.807) is 13.3 Å². The fraction of sp³-hybridized carbons (Fsp3) is 0.471. The molecule has 1 aliphatic heterocycles. The van der Waals surface area contributed by atoms with Crippen molar-refractivity contribution in [1.82, 2.24) is 14.9 Å². The number of para-hydroxylation sites is 1. The number of aromatic nitrogens is 2. The van der Waals surface area contributed by atoms with Crippen LogP contribution in [0.15, 0.2) is 42.7 Å². The van der Waals surface area contributed by atoms with Crippen LogP contribution in [0, 0.1) is 0 Å². The molecule has 6 heteroatoms. The zero-order valence-electron chi connectivity index (χ0n) is 13.4. The molecule has 1 atom stereocenters. The lowest BCUT2D eigenvalue weighted by molar-refractivity contribution is -0.0926. The zero-order chi connectivity index (χ0) is 16.0. The Bertz CT molecular complexity index is 576. The SMILES string of the molecule is CO[C@@]1(COc2ccccc2)COCCN(Cc2ncc[nH]2)C1. The molecule has 1 aromatic heterocycles. The smallest absolute Gasteiger partial charge is 0.137 e. The number of hydrogen-bond donors (Lipinski definition) is 1. The van der Waals surface area contributed by atoms with Crippen molar-refractivity contribution < 1.29 is 14.2 Å². The van der Waals surface area contributed by atoms with E-state index in [1.165, 1.54) is 0 Å². The molecule has 0 aliphatic carbocycles. The van der Waals surface area contributed by atoms with Gasteiger partial charge in [-0.3, -0.25) is 4.90 Å². The molecule has 2 heterocycles. The van der Waals surface area contributed by atoms with E-state index in [9.17, 15) is 0 Å². The van der Waals surface area contributed by atoms with E-state index in [0.717, 1.165) is 31.2 Å². The van der Waals surface area contributed by atoms with E-state index >= 15 is 0 Å². The minimum Gasteiger partial charge on any atom is -0.490 e. The summed E-state index contributed by atoms with van der Waals surface area (Å²) >= 11 is 0. The lowest BCUT2D eigenvalue weighted by atomic mass is 10.1. The number of rotatable bonds is 6. The number of methoxy groups -OCH3 is 1. The van der Waals surface area contributed by atoms with Crippen molar-refractivity contribution in [2.75, 3.05) is 40.0 Å². The number of benzene rings is 1. The van der Waals surface area contributed by atoms with Crippen molar-refractivity contribution in [3.63, 3.8) is 0 Å². The second kappa shape index (κ2) is 7.59. The minimum atomic E-state index is -0.487. The largest absolute Gasteiger partial charge is 0.490 e. The van der Waals surface area contributed by atoms with E-state index < -0.39 is 5.60 Å². The van der Waals surface area contributed by atoms with Gasteiger partial charge in [-0.05, 0) is 12.1 Å². The Hall–Kier alpha value is -1.89. The Balaban J connectivity index is 1.65. The standard InChI is InChI=1S/C17H23N3O3/c1-21-17(14-23-15-5-3-2-4-6-15)12-20(9-10-22-13-17)11-16-18-7-8-19-16/h2-8H,9-14H2,1H3,(H,18,19)/t17-/m1/s1. The third-order valence-corrected chi connectivity index (χ3v) is 4.04. The summed E-state index contributed by atoms with van der Waals surface area (Å²) in [6, 6.07) is 9.78. The Morgan fingerprint density at radius 2 is 2.22 bits per heavy atom. The molecule has 1 N–H and O–H groups in total. The first kappa shape index (κ1) is 16.0. The summed E-state index contributed by atoms with van der Waals surface area (Å²) in [6.45, 7) is 3.96. The molecule has 124 valence electrons. The fourth-order valence-corrected chi connectivity index (χ4v) is 2.72. The second-order valence-corrected chi connectivity index (χ2v) is 5.79. The molecular formula is C17H23N3O3. The summed E-state index contributed by atoms with van der Waals surface area (Å²) in [5.41, 5.74) is -0.487. The Morgan fingerprint density at radius 3 is 2.96 bits per heavy atom. The number of nitrogens with one attached hydrogen (secondary N) is 1. The van der Waals surface area contributed by atoms with Gasteiger partial charge in [0.1, 0.15) is 23.8 Å². The van der Waals surface area contributed by atoms with Crippen LogP contribution in [0.1, 0.15) is 5.82 Å². The Morgan fingerprint density at radius 1 is 1.35 bits per heavy atom. The number of imidazole rings is 1. The molecule has 0 radical (unpaired) electrons. The van der Waals surface area contributed by atoms with E-state index in [4.69, 9.17) is 14.2 Å². The highest BCUT2D eigenvalue weighted by atomic mass is 16.6. The molecule has 6 nitrogen and oxygen atoms in total. The lowest BCUT2D eigenvalue weighted by Gasteiger charge is -2.33. The van der Waals surface area contributed by atoms with Crippen LogP contribution in [0.5, 0.6) is 5.75 Å². The highest BCUT2D eigenvalue weighted by molar-refractivity contribution is 5.21. The molecule has 23 heavy (non-hydrogen) atoms. The van der Waals surface area contributed by atoms with Gasteiger partial charge in [0.05, 0.1) is 19.8 Å². The van der Waals surface area contributed by atoms with Crippen LogP contribution in [0.2, 0.25) is 0 Å². The number of ether oxygens (including phenoxy) is 3. The fourth-order valence-electron chi connectivity index (χ4n) is 2.72. The van der Waals surface area contributed by atoms with E-state index in [2.05, 4.69) is 14.9 Å². The predicted molar refractivity (Wildman–Crippen MR) is 86.4 cm³/mol. The summed E-state index contributed by atoms with van der Waals surface area (Å²) in [6.07, 6.45) is 3.61. The zero-order valence-corrected chi connectivity index (χ0v) is 13.4. The summed E-state index contributed by atoms with van der Waals surface area (Å²) in [4.78, 5) is 9.72. The molecule has 0 saturated carbocycles. The van der Waals surface area contributed by atoms with Crippen molar-refractivity contribution >= 4 is 0 Å². The number of hydrogen-bond acceptors (Lipinski definition) is 5. The van der Waals surface area contributed by atoms with Gasteiger partial charge in [0.15, 0.2) is 0 Å². The van der Waals surface area contributed by atoms with Crippen LogP contribution in [0.25, 0.3) is 0 Å². The van der Waals surface area contributed by atoms with Gasteiger partial charge in [-0.1, -0.05) is 18.2 Å². The highest BCUT2D eigenvalue weighted by Crippen LogP contribution is 2.20. The summed E-state index contributed by atoms with van der Waals surface area (Å²) in [7, 11) is 1.72. The number of H-pyrrole nitrogens is 1. The first-order chi connectivity index (χ1) is 11.3. The average Bonchev–Trinajstić information content (AvgIpc) is 3.01. The number of nitrogens with zero attached hydrogens (tertiary/aromatic N) is 2. The highest BCUT2D eigenvalue weighted by Gasteiger charge is 2.36. The molecule has 0 unspecified atom stereocenters. The predicted octanol–water partition coefficient (Wildman–Crippen LogP) is 1.71. The Kier molecular flexibility index (Phi) is 5.27. The average molecular weight is 317 g/mol. The van der Waals surface area contributed by atoms with Gasteiger partial charge in [0.2, 0.25) is 0 Å². The summed E-state index contributed by atoms with van der Waals surface area (Å²) < 4.78 is 17.5. The van der Waals surface area contributed by atoms with Crippen molar-refractivity contribution in [3.8, 4) is 5.75 Å². The molecule has 0 amide bonds. The normalized spacial score (nSPS) is 22.7. The van der Waals surface area contributed by atoms with Gasteiger partial charge >= 0.3 is 0 Å². The molecule has 2 aromatic rings. The van der Waals surface area contributed by atoms with Gasteiger partial charge in [0.25, 0.3) is 0 Å². The van der Waals surface area contributed by atoms with Crippen LogP contribution in [0.3, 0.4) is 0 Å². The lowest BCUT2D eigenvalue weighted by Crippen LogP contribution is -2.50. The first-order valence-corrected chi connectivity index (χ1v) is 7.81. The van der Waals surface area contributed by atoms with Crippen molar-refractivity contribution in [2.24, 2.45) is 0 Å². The van der Waals surface area contributed by atoms with Crippen molar-refractivity contribution in [3.05, 3.63) is 48.5 Å². The maximum absolute atomic E-state index is 5.92. The molecule has 0 bridgehead atoms. The van der Waals surface area contributed by atoms with Gasteiger partial charge < -0.3 is 19.2 Å². The summed E-state index contributed by atoms with van der Waals surface area (Å²) in [5.74, 6) is 1.78. The van der Waals surface area contributed by atoms with Crippen LogP contribution in [0.4, 0.5) is 0 Å². The maximum Gasteiger partial charge on any atom is 0.137 e. The third-order valence-electron chi connectivity index (χ3n) is 4.04. The minimum absolute atomic E-state index is 0.447. The van der Waals surface area contributed by atoms with Crippen LogP contribution < -0.4 is 4.74 Å². The molecule has 1 fully saturated rings. The second-order valence-electron chi connectivity index (χ2n) is 5.79. The topological polar surface area (TPSA) is 59.6 Å². The van der Waals surface area contributed by atoms with Gasteiger partial charge in [0, 0.05) is 32.6 Å². The van der Waals surface area contributed by atoms with Crippen molar-refractivity contribution in [2.45, 2.75) is 12.1 Å². The maximum atomic E-state index is 5.92. The monoisotopic (exact) mass is 317 g/mol. The van der Waals surface area contributed by atoms with Gasteiger partial charge in [-0.15, -0.1) is 0 Å².